The Morgan fingerprint density at radius 2 is 1.78 bits per heavy atom. The first-order chi connectivity index (χ1) is 17.9. The zero-order valence-corrected chi connectivity index (χ0v) is 22.6. The van der Waals surface area contributed by atoms with Gasteiger partial charge in [-0.15, -0.1) is 6.58 Å². The van der Waals surface area contributed by atoms with Crippen LogP contribution in [0.3, 0.4) is 0 Å². The first-order valence-electron chi connectivity index (χ1n) is 13.7. The summed E-state index contributed by atoms with van der Waals surface area (Å²) in [6.45, 7) is 14.7. The third-order valence-corrected chi connectivity index (χ3v) is 7.36. The number of hydrogen-bond acceptors (Lipinski definition) is 4. The van der Waals surface area contributed by atoms with Gasteiger partial charge in [0.05, 0.1) is 6.04 Å². The fourth-order valence-corrected chi connectivity index (χ4v) is 5.41. The SMILES string of the molecule is C=CCN1CCN(C(=O)[C@H](CC)Oc2ccc3c(c2)[C@H](c2ccccc2)N(C(=O)CC(C)C)CC3)CC1. The molecular formula is C31H41N3O3. The summed E-state index contributed by atoms with van der Waals surface area (Å²) in [4.78, 5) is 32.8. The summed E-state index contributed by atoms with van der Waals surface area (Å²) in [6, 6.07) is 16.2. The highest BCUT2D eigenvalue weighted by molar-refractivity contribution is 5.81. The molecule has 2 atom stereocenters. The van der Waals surface area contributed by atoms with Crippen molar-refractivity contribution in [1.29, 1.82) is 0 Å². The normalized spacial score (nSPS) is 18.9. The Balaban J connectivity index is 1.56. The van der Waals surface area contributed by atoms with Crippen molar-refractivity contribution in [2.45, 2.75) is 52.2 Å². The fourth-order valence-electron chi connectivity index (χ4n) is 5.41. The number of hydrogen-bond donors (Lipinski definition) is 0. The average Bonchev–Trinajstić information content (AvgIpc) is 2.91. The maximum Gasteiger partial charge on any atom is 0.263 e. The number of nitrogens with zero attached hydrogens (tertiary/aromatic N) is 3. The molecule has 0 aromatic heterocycles. The van der Waals surface area contributed by atoms with Crippen molar-refractivity contribution < 1.29 is 14.3 Å². The molecule has 198 valence electrons. The van der Waals surface area contributed by atoms with Crippen LogP contribution in [0.2, 0.25) is 0 Å². The topological polar surface area (TPSA) is 53.1 Å². The molecule has 0 radical (unpaired) electrons. The van der Waals surface area contributed by atoms with E-state index in [1.165, 1.54) is 5.56 Å². The van der Waals surface area contributed by atoms with Gasteiger partial charge in [-0.05, 0) is 47.6 Å². The van der Waals surface area contributed by atoms with Gasteiger partial charge in [0.1, 0.15) is 5.75 Å². The molecule has 0 saturated carbocycles. The highest BCUT2D eigenvalue weighted by Gasteiger charge is 2.33. The number of piperazine rings is 1. The smallest absolute Gasteiger partial charge is 0.263 e. The van der Waals surface area contributed by atoms with Crippen LogP contribution in [-0.4, -0.2) is 71.9 Å². The Bertz CT molecular complexity index is 1080. The average molecular weight is 504 g/mol. The van der Waals surface area contributed by atoms with Crippen LogP contribution in [0, 0.1) is 5.92 Å². The molecule has 2 aliphatic rings. The molecule has 1 saturated heterocycles. The highest BCUT2D eigenvalue weighted by Crippen LogP contribution is 2.38. The summed E-state index contributed by atoms with van der Waals surface area (Å²) in [7, 11) is 0. The van der Waals surface area contributed by atoms with Gasteiger partial charge in [-0.1, -0.05) is 63.2 Å². The van der Waals surface area contributed by atoms with Crippen molar-refractivity contribution in [2.75, 3.05) is 39.3 Å². The zero-order valence-electron chi connectivity index (χ0n) is 22.6. The van der Waals surface area contributed by atoms with E-state index in [4.69, 9.17) is 4.74 Å². The minimum atomic E-state index is -0.526. The fraction of sp³-hybridized carbons (Fsp3) is 0.484. The molecular weight excluding hydrogens is 462 g/mol. The van der Waals surface area contributed by atoms with Gasteiger partial charge in [0, 0.05) is 45.7 Å². The largest absolute Gasteiger partial charge is 0.481 e. The molecule has 2 aromatic carbocycles. The van der Waals surface area contributed by atoms with Gasteiger partial charge in [0.25, 0.3) is 5.91 Å². The lowest BCUT2D eigenvalue weighted by Crippen LogP contribution is -2.52. The number of amides is 2. The Kier molecular flexibility index (Phi) is 9.04. The number of carbonyl (C=O) groups excluding carboxylic acids is 2. The lowest BCUT2D eigenvalue weighted by molar-refractivity contribution is -0.140. The molecule has 6 nitrogen and oxygen atoms in total. The molecule has 2 aromatic rings. The van der Waals surface area contributed by atoms with E-state index in [-0.39, 0.29) is 17.9 Å². The highest BCUT2D eigenvalue weighted by atomic mass is 16.5. The van der Waals surface area contributed by atoms with Crippen LogP contribution in [0.15, 0.2) is 61.2 Å². The minimum Gasteiger partial charge on any atom is -0.481 e. The first kappa shape index (κ1) is 26.9. The van der Waals surface area contributed by atoms with E-state index < -0.39 is 6.10 Å². The van der Waals surface area contributed by atoms with Gasteiger partial charge >= 0.3 is 0 Å². The Morgan fingerprint density at radius 3 is 2.43 bits per heavy atom. The van der Waals surface area contributed by atoms with Crippen LogP contribution < -0.4 is 4.74 Å². The molecule has 0 N–H and O–H groups in total. The molecule has 2 heterocycles. The molecule has 4 rings (SSSR count). The summed E-state index contributed by atoms with van der Waals surface area (Å²) in [5, 5.41) is 0. The predicted octanol–water partition coefficient (Wildman–Crippen LogP) is 4.69. The van der Waals surface area contributed by atoms with Crippen LogP contribution in [0.5, 0.6) is 5.75 Å². The van der Waals surface area contributed by atoms with Crippen LogP contribution in [-0.2, 0) is 16.0 Å². The standard InChI is InChI=1S/C31H41N3O3/c1-5-15-32-17-19-33(20-18-32)31(36)28(6-2)37-26-13-12-24-14-16-34(29(35)21-23(3)4)30(27(24)22-26)25-10-8-7-9-11-25/h5,7-13,22-23,28,30H,1,6,14-21H2,2-4H3/t28-,30-/m0/s1. The minimum absolute atomic E-state index is 0.0480. The van der Waals surface area contributed by atoms with Gasteiger partial charge in [-0.3, -0.25) is 14.5 Å². The monoisotopic (exact) mass is 503 g/mol. The van der Waals surface area contributed by atoms with E-state index in [2.05, 4.69) is 49.6 Å². The van der Waals surface area contributed by atoms with E-state index in [1.54, 1.807) is 0 Å². The Hall–Kier alpha value is -3.12. The second-order valence-corrected chi connectivity index (χ2v) is 10.5. The van der Waals surface area contributed by atoms with Crippen molar-refractivity contribution in [2.24, 2.45) is 5.92 Å². The summed E-state index contributed by atoms with van der Waals surface area (Å²) < 4.78 is 6.34. The third kappa shape index (κ3) is 6.42. The van der Waals surface area contributed by atoms with E-state index in [0.717, 1.165) is 37.2 Å². The number of fused-ring (bicyclic) bond motifs is 1. The maximum absolute atomic E-state index is 13.3. The Morgan fingerprint density at radius 1 is 1.05 bits per heavy atom. The van der Waals surface area contributed by atoms with Crippen molar-refractivity contribution in [1.82, 2.24) is 14.7 Å². The number of rotatable bonds is 9. The van der Waals surface area contributed by atoms with Crippen LogP contribution in [0.4, 0.5) is 0 Å². The lowest BCUT2D eigenvalue weighted by Gasteiger charge is -2.38. The summed E-state index contributed by atoms with van der Waals surface area (Å²) in [5.74, 6) is 1.21. The second-order valence-electron chi connectivity index (χ2n) is 10.5. The predicted molar refractivity (Wildman–Crippen MR) is 148 cm³/mol. The molecule has 37 heavy (non-hydrogen) atoms. The van der Waals surface area contributed by atoms with Gasteiger partial charge in [0.15, 0.2) is 6.10 Å². The molecule has 6 heteroatoms. The van der Waals surface area contributed by atoms with E-state index >= 15 is 0 Å². The van der Waals surface area contributed by atoms with Gasteiger partial charge in [-0.25, -0.2) is 0 Å². The van der Waals surface area contributed by atoms with Crippen LogP contribution >= 0.6 is 0 Å². The van der Waals surface area contributed by atoms with Crippen LogP contribution in [0.25, 0.3) is 0 Å². The van der Waals surface area contributed by atoms with Crippen LogP contribution in [0.1, 0.15) is 56.3 Å². The van der Waals surface area contributed by atoms with Crippen molar-refractivity contribution in [3.8, 4) is 5.75 Å². The molecule has 2 amide bonds. The second kappa shape index (κ2) is 12.4. The summed E-state index contributed by atoms with van der Waals surface area (Å²) in [6.07, 6.45) is 3.33. The maximum atomic E-state index is 13.3. The van der Waals surface area contributed by atoms with Gasteiger partial charge < -0.3 is 14.5 Å². The zero-order chi connectivity index (χ0) is 26.4. The molecule has 0 aliphatic carbocycles. The first-order valence-corrected chi connectivity index (χ1v) is 13.7. The number of carbonyl (C=O) groups is 2. The quantitative estimate of drug-likeness (QED) is 0.466. The van der Waals surface area contributed by atoms with E-state index in [0.29, 0.717) is 44.1 Å². The molecule has 0 bridgehead atoms. The summed E-state index contributed by atoms with van der Waals surface area (Å²) in [5.41, 5.74) is 3.41. The van der Waals surface area contributed by atoms with E-state index in [1.807, 2.05) is 47.1 Å². The lowest BCUT2D eigenvalue weighted by atomic mass is 9.87. The number of benzene rings is 2. The van der Waals surface area contributed by atoms with Gasteiger partial charge in [0.2, 0.25) is 5.91 Å². The van der Waals surface area contributed by atoms with Crippen molar-refractivity contribution in [3.63, 3.8) is 0 Å². The summed E-state index contributed by atoms with van der Waals surface area (Å²) >= 11 is 0. The third-order valence-electron chi connectivity index (χ3n) is 7.36. The molecule has 2 aliphatic heterocycles. The van der Waals surface area contributed by atoms with Crippen molar-refractivity contribution in [3.05, 3.63) is 77.9 Å². The molecule has 0 spiro atoms. The van der Waals surface area contributed by atoms with Crippen molar-refractivity contribution >= 4 is 11.8 Å². The number of ether oxygens (including phenoxy) is 1. The van der Waals surface area contributed by atoms with Gasteiger partial charge in [-0.2, -0.15) is 0 Å². The van der Waals surface area contributed by atoms with E-state index in [9.17, 15) is 9.59 Å². The molecule has 1 fully saturated rings. The Labute approximate surface area is 221 Å². The molecule has 0 unspecified atom stereocenters.